The van der Waals surface area contributed by atoms with E-state index in [4.69, 9.17) is 0 Å². The fourth-order valence-corrected chi connectivity index (χ4v) is 2.84. The number of hydrogen-bond acceptors (Lipinski definition) is 1. The summed E-state index contributed by atoms with van der Waals surface area (Å²) in [4.78, 5) is 0. The molecule has 0 aliphatic carbocycles. The minimum atomic E-state index is 0.879. The number of hydrogen-bond donors (Lipinski definition) is 1. The molecule has 0 fully saturated rings. The summed E-state index contributed by atoms with van der Waals surface area (Å²) in [7, 11) is 0. The van der Waals surface area contributed by atoms with E-state index in [9.17, 15) is 0 Å². The fraction of sp³-hybridized carbons (Fsp3) is 1.00. The smallest absolute Gasteiger partial charge is 0.00489 e. The maximum Gasteiger partial charge on any atom is -0.00489 e. The maximum atomic E-state index is 3.60. The van der Waals surface area contributed by atoms with Crippen LogP contribution in [0.25, 0.3) is 0 Å². The van der Waals surface area contributed by atoms with Gasteiger partial charge >= 0.3 is 0 Å². The third-order valence-corrected chi connectivity index (χ3v) is 4.34. The molecule has 0 aromatic heterocycles. The number of unbranched alkanes of at least 4 members (excludes halogenated alkanes) is 11. The predicted octanol–water partition coefficient (Wildman–Crippen LogP) is 6.71. The zero-order chi connectivity index (χ0) is 15.6. The highest BCUT2D eigenvalue weighted by Crippen LogP contribution is 2.10. The van der Waals surface area contributed by atoms with Crippen LogP contribution in [0, 0.1) is 5.92 Å². The van der Waals surface area contributed by atoms with Gasteiger partial charge in [-0.1, -0.05) is 97.8 Å². The van der Waals surface area contributed by atoms with Crippen LogP contribution < -0.4 is 5.32 Å². The fourth-order valence-electron chi connectivity index (χ4n) is 2.84. The van der Waals surface area contributed by atoms with E-state index in [1.165, 1.54) is 103 Å². The van der Waals surface area contributed by atoms with Crippen LogP contribution >= 0.6 is 0 Å². The molecule has 0 aliphatic rings. The Morgan fingerprint density at radius 1 is 0.571 bits per heavy atom. The van der Waals surface area contributed by atoms with Crippen LogP contribution in [0.15, 0.2) is 0 Å². The average molecular weight is 298 g/mol. The molecular weight excluding hydrogens is 254 g/mol. The lowest BCUT2D eigenvalue weighted by Gasteiger charge is -2.06. The van der Waals surface area contributed by atoms with Crippen molar-refractivity contribution in [2.24, 2.45) is 5.92 Å². The van der Waals surface area contributed by atoms with E-state index >= 15 is 0 Å². The van der Waals surface area contributed by atoms with Crippen molar-refractivity contribution in [3.05, 3.63) is 0 Å². The molecule has 0 rings (SSSR count). The summed E-state index contributed by atoms with van der Waals surface area (Å²) in [5.74, 6) is 0.879. The molecule has 0 radical (unpaired) electrons. The molecule has 0 saturated carbocycles. The van der Waals surface area contributed by atoms with Crippen molar-refractivity contribution in [1.82, 2.24) is 5.32 Å². The highest BCUT2D eigenvalue weighted by molar-refractivity contribution is 4.53. The molecule has 0 aromatic carbocycles. The Labute approximate surface area is 135 Å². The summed E-state index contributed by atoms with van der Waals surface area (Å²) >= 11 is 0. The lowest BCUT2D eigenvalue weighted by atomic mass is 10.1. The summed E-state index contributed by atoms with van der Waals surface area (Å²) in [5, 5.41) is 3.60. The topological polar surface area (TPSA) is 12.0 Å². The number of rotatable bonds is 17. The Balaban J connectivity index is 2.93. The van der Waals surface area contributed by atoms with Crippen molar-refractivity contribution in [2.45, 2.75) is 111 Å². The van der Waals surface area contributed by atoms with Crippen LogP contribution in [0.1, 0.15) is 111 Å². The molecule has 0 atom stereocenters. The van der Waals surface area contributed by atoms with Gasteiger partial charge in [0.25, 0.3) is 0 Å². The van der Waals surface area contributed by atoms with E-state index in [-0.39, 0.29) is 0 Å². The molecule has 0 amide bonds. The van der Waals surface area contributed by atoms with Crippen LogP contribution in [-0.2, 0) is 0 Å². The van der Waals surface area contributed by atoms with Gasteiger partial charge in [-0.15, -0.1) is 0 Å². The van der Waals surface area contributed by atoms with Crippen molar-refractivity contribution in [2.75, 3.05) is 13.1 Å². The lowest BCUT2D eigenvalue weighted by Crippen LogP contribution is -2.16. The second kappa shape index (κ2) is 18.0. The van der Waals surface area contributed by atoms with Gasteiger partial charge < -0.3 is 5.32 Å². The summed E-state index contributed by atoms with van der Waals surface area (Å²) in [6.45, 7) is 9.41. The first-order valence-corrected chi connectivity index (χ1v) is 9.98. The van der Waals surface area contributed by atoms with E-state index in [0.717, 1.165) is 5.92 Å². The first kappa shape index (κ1) is 21.0. The molecule has 128 valence electrons. The Hall–Kier alpha value is -0.0400. The first-order valence-electron chi connectivity index (χ1n) is 9.98. The highest BCUT2D eigenvalue weighted by atomic mass is 14.8. The minimum absolute atomic E-state index is 0.879. The maximum absolute atomic E-state index is 3.60. The van der Waals surface area contributed by atoms with E-state index in [0.29, 0.717) is 0 Å². The van der Waals surface area contributed by atoms with E-state index in [2.05, 4.69) is 26.1 Å². The Kier molecular flexibility index (Phi) is 18.0. The van der Waals surface area contributed by atoms with Gasteiger partial charge in [0.1, 0.15) is 0 Å². The monoisotopic (exact) mass is 297 g/mol. The SMILES string of the molecule is CCCCCCCCCCCCNCCCCCC(C)C. The molecule has 0 unspecified atom stereocenters. The third kappa shape index (κ3) is 20.0. The normalized spacial score (nSPS) is 11.4. The predicted molar refractivity (Wildman–Crippen MR) is 98.0 cm³/mol. The molecule has 0 saturated heterocycles. The Morgan fingerprint density at radius 3 is 1.48 bits per heavy atom. The van der Waals surface area contributed by atoms with Gasteiger partial charge in [-0.3, -0.25) is 0 Å². The van der Waals surface area contributed by atoms with Gasteiger partial charge in [0.15, 0.2) is 0 Å². The van der Waals surface area contributed by atoms with E-state index in [1.807, 2.05) is 0 Å². The van der Waals surface area contributed by atoms with E-state index in [1.54, 1.807) is 0 Å². The standard InChI is InChI=1S/C20H43N/c1-4-5-6-7-8-9-10-11-12-15-18-21-19-16-13-14-17-20(2)3/h20-21H,4-19H2,1-3H3. The third-order valence-electron chi connectivity index (χ3n) is 4.34. The number of nitrogens with one attached hydrogen (secondary N) is 1. The summed E-state index contributed by atoms with van der Waals surface area (Å²) in [5.41, 5.74) is 0. The zero-order valence-corrected chi connectivity index (χ0v) is 15.4. The van der Waals surface area contributed by atoms with Gasteiger partial charge in [-0.05, 0) is 31.8 Å². The molecule has 1 N–H and O–H groups in total. The van der Waals surface area contributed by atoms with Gasteiger partial charge in [0.2, 0.25) is 0 Å². The van der Waals surface area contributed by atoms with Crippen LogP contribution in [-0.4, -0.2) is 13.1 Å². The summed E-state index contributed by atoms with van der Waals surface area (Å²) in [6, 6.07) is 0. The molecule has 0 heterocycles. The van der Waals surface area contributed by atoms with Crippen LogP contribution in [0.4, 0.5) is 0 Å². The molecule has 1 heteroatoms. The van der Waals surface area contributed by atoms with E-state index < -0.39 is 0 Å². The zero-order valence-electron chi connectivity index (χ0n) is 15.4. The molecule has 21 heavy (non-hydrogen) atoms. The van der Waals surface area contributed by atoms with Gasteiger partial charge in [0, 0.05) is 0 Å². The van der Waals surface area contributed by atoms with Gasteiger partial charge in [-0.25, -0.2) is 0 Å². The molecule has 1 nitrogen and oxygen atoms in total. The van der Waals surface area contributed by atoms with Gasteiger partial charge in [-0.2, -0.15) is 0 Å². The quantitative estimate of drug-likeness (QED) is 0.294. The molecule has 0 aliphatic heterocycles. The van der Waals surface area contributed by atoms with Crippen LogP contribution in [0.3, 0.4) is 0 Å². The largest absolute Gasteiger partial charge is 0.317 e. The molecular formula is C20H43N. The lowest BCUT2D eigenvalue weighted by molar-refractivity contribution is 0.507. The van der Waals surface area contributed by atoms with Crippen molar-refractivity contribution in [1.29, 1.82) is 0 Å². The average Bonchev–Trinajstić information content (AvgIpc) is 2.46. The minimum Gasteiger partial charge on any atom is -0.317 e. The molecule has 0 spiro atoms. The second-order valence-electron chi connectivity index (χ2n) is 7.18. The van der Waals surface area contributed by atoms with Crippen molar-refractivity contribution in [3.63, 3.8) is 0 Å². The second-order valence-corrected chi connectivity index (χ2v) is 7.18. The Bertz CT molecular complexity index is 177. The van der Waals surface area contributed by atoms with Crippen LogP contribution in [0.5, 0.6) is 0 Å². The van der Waals surface area contributed by atoms with Crippen molar-refractivity contribution < 1.29 is 0 Å². The highest BCUT2D eigenvalue weighted by Gasteiger charge is 1.95. The van der Waals surface area contributed by atoms with Crippen LogP contribution in [0.2, 0.25) is 0 Å². The summed E-state index contributed by atoms with van der Waals surface area (Å²) < 4.78 is 0. The van der Waals surface area contributed by atoms with Gasteiger partial charge in [0.05, 0.1) is 0 Å². The Morgan fingerprint density at radius 2 is 1.00 bits per heavy atom. The molecule has 0 aromatic rings. The van der Waals surface area contributed by atoms with Crippen molar-refractivity contribution in [3.8, 4) is 0 Å². The summed E-state index contributed by atoms with van der Waals surface area (Å²) in [6.07, 6.45) is 19.9. The van der Waals surface area contributed by atoms with Crippen molar-refractivity contribution >= 4 is 0 Å². The first-order chi connectivity index (χ1) is 10.3. The molecule has 0 bridgehead atoms.